The van der Waals surface area contributed by atoms with E-state index in [-0.39, 0.29) is 29.6 Å². The van der Waals surface area contributed by atoms with Gasteiger partial charge in [-0.2, -0.15) is 0 Å². The van der Waals surface area contributed by atoms with Crippen LogP contribution in [0, 0.1) is 18.6 Å². The van der Waals surface area contributed by atoms with Gasteiger partial charge in [-0.05, 0) is 31.4 Å². The Morgan fingerprint density at radius 2 is 1.95 bits per heavy atom. The van der Waals surface area contributed by atoms with Crippen LogP contribution in [-0.2, 0) is 9.59 Å². The summed E-state index contributed by atoms with van der Waals surface area (Å²) in [5.41, 5.74) is -0.0569. The lowest BCUT2D eigenvalue weighted by molar-refractivity contribution is -0.139. The fourth-order valence-corrected chi connectivity index (χ4v) is 2.44. The molecule has 4 nitrogen and oxygen atoms in total. The van der Waals surface area contributed by atoms with Gasteiger partial charge in [-0.3, -0.25) is 14.5 Å². The maximum absolute atomic E-state index is 13.9. The molecule has 2 aliphatic rings. The van der Waals surface area contributed by atoms with E-state index in [1.54, 1.807) is 0 Å². The minimum Gasteiger partial charge on any atom is -0.368 e. The number of halogens is 2. The normalized spacial score (nSPS) is 22.6. The predicted molar refractivity (Wildman–Crippen MR) is 68.0 cm³/mol. The summed E-state index contributed by atoms with van der Waals surface area (Å²) >= 11 is 0. The number of likely N-dealkylation sites (tertiary alicyclic amines) is 1. The van der Waals surface area contributed by atoms with E-state index in [0.717, 1.165) is 18.9 Å². The average Bonchev–Trinajstić information content (AvgIpc) is 3.18. The van der Waals surface area contributed by atoms with E-state index >= 15 is 0 Å². The van der Waals surface area contributed by atoms with E-state index in [9.17, 15) is 18.4 Å². The highest BCUT2D eigenvalue weighted by Gasteiger charge is 2.46. The van der Waals surface area contributed by atoms with Crippen LogP contribution in [0.3, 0.4) is 0 Å². The van der Waals surface area contributed by atoms with Gasteiger partial charge in [0, 0.05) is 6.04 Å². The smallest absolute Gasteiger partial charge is 0.252 e. The number of carbonyl (C=O) groups excluding carboxylic acids is 2. The van der Waals surface area contributed by atoms with Gasteiger partial charge >= 0.3 is 0 Å². The predicted octanol–water partition coefficient (Wildman–Crippen LogP) is 1.98. The van der Waals surface area contributed by atoms with E-state index in [4.69, 9.17) is 0 Å². The van der Waals surface area contributed by atoms with Gasteiger partial charge in [0.25, 0.3) is 5.91 Å². The Kier molecular flexibility index (Phi) is 2.96. The van der Waals surface area contributed by atoms with Gasteiger partial charge in [0.2, 0.25) is 5.91 Å². The van der Waals surface area contributed by atoms with Gasteiger partial charge in [-0.15, -0.1) is 0 Å². The monoisotopic (exact) mass is 280 g/mol. The molecule has 1 aliphatic heterocycles. The fourth-order valence-electron chi connectivity index (χ4n) is 2.44. The summed E-state index contributed by atoms with van der Waals surface area (Å²) in [7, 11) is 0. The van der Waals surface area contributed by atoms with E-state index in [1.807, 2.05) is 0 Å². The lowest BCUT2D eigenvalue weighted by Crippen LogP contribution is -2.36. The van der Waals surface area contributed by atoms with Crippen LogP contribution >= 0.6 is 0 Å². The second-order valence-corrected chi connectivity index (χ2v) is 5.29. The molecule has 1 saturated heterocycles. The van der Waals surface area contributed by atoms with Crippen LogP contribution in [0.5, 0.6) is 0 Å². The van der Waals surface area contributed by atoms with E-state index < -0.39 is 23.6 Å². The largest absolute Gasteiger partial charge is 0.368 e. The van der Waals surface area contributed by atoms with Crippen molar-refractivity contribution >= 4 is 17.5 Å². The number of hydrogen-bond acceptors (Lipinski definition) is 3. The maximum Gasteiger partial charge on any atom is 0.252 e. The average molecular weight is 280 g/mol. The first kappa shape index (κ1) is 13.0. The molecule has 1 atom stereocenters. The number of carbonyl (C=O) groups is 2. The van der Waals surface area contributed by atoms with Crippen molar-refractivity contribution in [3.05, 3.63) is 29.3 Å². The van der Waals surface area contributed by atoms with Crippen LogP contribution in [0.1, 0.15) is 24.8 Å². The topological polar surface area (TPSA) is 49.4 Å². The Morgan fingerprint density at radius 1 is 1.25 bits per heavy atom. The van der Waals surface area contributed by atoms with Gasteiger partial charge in [0.15, 0.2) is 5.82 Å². The first-order valence-corrected chi connectivity index (χ1v) is 6.56. The van der Waals surface area contributed by atoms with Crippen LogP contribution in [0.25, 0.3) is 0 Å². The third kappa shape index (κ3) is 2.05. The Labute approximate surface area is 114 Å². The minimum atomic E-state index is -0.881. The Balaban J connectivity index is 1.84. The summed E-state index contributed by atoms with van der Waals surface area (Å²) in [5.74, 6) is -2.16. The number of aryl methyl sites for hydroxylation is 1. The van der Waals surface area contributed by atoms with Crippen LogP contribution < -0.4 is 5.32 Å². The van der Waals surface area contributed by atoms with Crippen molar-refractivity contribution in [2.24, 2.45) is 0 Å². The third-order valence-corrected chi connectivity index (χ3v) is 3.70. The highest BCUT2D eigenvalue weighted by molar-refractivity contribution is 6.07. The first-order chi connectivity index (χ1) is 9.49. The molecular weight excluding hydrogens is 266 g/mol. The third-order valence-electron chi connectivity index (χ3n) is 3.70. The molecule has 6 heteroatoms. The van der Waals surface area contributed by atoms with Gasteiger partial charge in [0.05, 0.1) is 6.42 Å². The molecule has 1 unspecified atom stereocenters. The second kappa shape index (κ2) is 4.54. The molecule has 20 heavy (non-hydrogen) atoms. The van der Waals surface area contributed by atoms with Crippen LogP contribution in [-0.4, -0.2) is 28.8 Å². The molecule has 2 fully saturated rings. The van der Waals surface area contributed by atoms with Crippen molar-refractivity contribution in [1.82, 2.24) is 4.90 Å². The van der Waals surface area contributed by atoms with Crippen LogP contribution in [0.15, 0.2) is 12.1 Å². The van der Waals surface area contributed by atoms with Gasteiger partial charge < -0.3 is 5.32 Å². The molecular formula is C14H14F2N2O2. The number of nitrogens with one attached hydrogen (secondary N) is 1. The number of anilines is 1. The number of amides is 2. The molecule has 0 radical (unpaired) electrons. The molecule has 1 N–H and O–H groups in total. The summed E-state index contributed by atoms with van der Waals surface area (Å²) in [6.07, 6.45) is 1.58. The van der Waals surface area contributed by atoms with Crippen molar-refractivity contribution in [3.63, 3.8) is 0 Å². The maximum atomic E-state index is 13.9. The van der Waals surface area contributed by atoms with E-state index in [1.165, 1.54) is 17.9 Å². The highest BCUT2D eigenvalue weighted by Crippen LogP contribution is 2.33. The lowest BCUT2D eigenvalue weighted by atomic mass is 10.1. The van der Waals surface area contributed by atoms with Crippen molar-refractivity contribution < 1.29 is 18.4 Å². The molecule has 3 rings (SSSR count). The molecule has 1 aromatic rings. The zero-order valence-corrected chi connectivity index (χ0v) is 11.0. The molecule has 1 aliphatic carbocycles. The lowest BCUT2D eigenvalue weighted by Gasteiger charge is -2.16. The zero-order chi connectivity index (χ0) is 14.4. The molecule has 1 saturated carbocycles. The molecule has 0 bridgehead atoms. The molecule has 106 valence electrons. The fraction of sp³-hybridized carbons (Fsp3) is 0.429. The first-order valence-electron chi connectivity index (χ1n) is 6.56. The van der Waals surface area contributed by atoms with Gasteiger partial charge in [-0.25, -0.2) is 8.78 Å². The Bertz CT molecular complexity index is 599. The molecule has 2 amide bonds. The molecule has 1 aromatic carbocycles. The molecule has 0 spiro atoms. The zero-order valence-electron chi connectivity index (χ0n) is 11.0. The van der Waals surface area contributed by atoms with Crippen LogP contribution in [0.4, 0.5) is 14.5 Å². The number of nitrogens with zero attached hydrogens (tertiary/aromatic N) is 1. The van der Waals surface area contributed by atoms with Crippen LogP contribution in [0.2, 0.25) is 0 Å². The summed E-state index contributed by atoms with van der Waals surface area (Å²) < 4.78 is 27.6. The minimum absolute atomic E-state index is 0.0194. The molecule has 0 aromatic heterocycles. The second-order valence-electron chi connectivity index (χ2n) is 5.29. The van der Waals surface area contributed by atoms with E-state index in [0.29, 0.717) is 0 Å². The standard InChI is InChI=1S/C14H14F2N2O2/c1-7-2-5-9(15)13(12(7)16)17-10-6-11(19)18(14(10)20)8-3-4-8/h2,5,8,10,17H,3-4,6H2,1H3. The van der Waals surface area contributed by atoms with Crippen molar-refractivity contribution in [2.75, 3.05) is 5.32 Å². The number of benzene rings is 1. The Hall–Kier alpha value is -1.98. The SMILES string of the molecule is Cc1ccc(F)c(NC2CC(=O)N(C3CC3)C2=O)c1F. The quantitative estimate of drug-likeness (QED) is 0.861. The Morgan fingerprint density at radius 3 is 2.60 bits per heavy atom. The highest BCUT2D eigenvalue weighted by atomic mass is 19.1. The summed E-state index contributed by atoms with van der Waals surface area (Å²) in [5, 5.41) is 2.55. The van der Waals surface area contributed by atoms with Crippen molar-refractivity contribution in [2.45, 2.75) is 38.3 Å². The summed E-state index contributed by atoms with van der Waals surface area (Å²) in [4.78, 5) is 25.1. The number of hydrogen-bond donors (Lipinski definition) is 1. The molecule has 1 heterocycles. The van der Waals surface area contributed by atoms with Gasteiger partial charge in [0.1, 0.15) is 17.5 Å². The van der Waals surface area contributed by atoms with Gasteiger partial charge in [-0.1, -0.05) is 6.07 Å². The number of imide groups is 1. The summed E-state index contributed by atoms with van der Waals surface area (Å²) in [6, 6.07) is 1.57. The summed E-state index contributed by atoms with van der Waals surface area (Å²) in [6.45, 7) is 1.51. The number of rotatable bonds is 3. The van der Waals surface area contributed by atoms with Crippen molar-refractivity contribution in [1.29, 1.82) is 0 Å². The van der Waals surface area contributed by atoms with E-state index in [2.05, 4.69) is 5.32 Å². The van der Waals surface area contributed by atoms with Crippen molar-refractivity contribution in [3.8, 4) is 0 Å².